The Hall–Kier alpha value is -3.32. The van der Waals surface area contributed by atoms with Crippen LogP contribution in [0.5, 0.6) is 5.88 Å². The fourth-order valence-corrected chi connectivity index (χ4v) is 2.89. The Morgan fingerprint density at radius 3 is 2.36 bits per heavy atom. The summed E-state index contributed by atoms with van der Waals surface area (Å²) in [6, 6.07) is 17.7. The first-order valence-electron chi connectivity index (χ1n) is 8.84. The molecule has 3 aromatic rings. The molecule has 28 heavy (non-hydrogen) atoms. The molecule has 0 bridgehead atoms. The van der Waals surface area contributed by atoms with Gasteiger partial charge in [0.2, 0.25) is 5.88 Å². The first-order valence-corrected chi connectivity index (χ1v) is 8.84. The summed E-state index contributed by atoms with van der Waals surface area (Å²) in [4.78, 5) is 16.3. The van der Waals surface area contributed by atoms with Gasteiger partial charge in [-0.2, -0.15) is 10.6 Å². The number of hydroxylamine groups is 1. The number of aromatic nitrogens is 2. The summed E-state index contributed by atoms with van der Waals surface area (Å²) >= 11 is 0. The Labute approximate surface area is 163 Å². The van der Waals surface area contributed by atoms with Crippen LogP contribution in [0.1, 0.15) is 16.7 Å². The predicted octanol–water partition coefficient (Wildman–Crippen LogP) is 3.76. The van der Waals surface area contributed by atoms with E-state index in [1.807, 2.05) is 68.6 Å². The van der Waals surface area contributed by atoms with Crippen LogP contribution in [0.25, 0.3) is 11.3 Å². The molecule has 0 spiro atoms. The second-order valence-electron chi connectivity index (χ2n) is 6.21. The van der Waals surface area contributed by atoms with Gasteiger partial charge in [-0.15, -0.1) is 0 Å². The maximum Gasteiger partial charge on any atom is 0.431 e. The number of amides is 1. The first-order chi connectivity index (χ1) is 13.6. The molecule has 1 N–H and O–H groups in total. The molecule has 0 aliphatic carbocycles. The lowest BCUT2D eigenvalue weighted by Crippen LogP contribution is -2.23. The third-order valence-electron chi connectivity index (χ3n) is 4.32. The maximum absolute atomic E-state index is 11.1. The molecule has 7 nitrogen and oxygen atoms in total. The van der Waals surface area contributed by atoms with Crippen molar-refractivity contribution in [1.82, 2.24) is 15.3 Å². The molecule has 1 amide bonds. The molecule has 0 atom stereocenters. The lowest BCUT2D eigenvalue weighted by molar-refractivity contribution is 0.0244. The molecule has 7 heteroatoms. The molecule has 0 unspecified atom stereocenters. The van der Waals surface area contributed by atoms with Gasteiger partial charge in [0.25, 0.3) is 0 Å². The predicted molar refractivity (Wildman–Crippen MR) is 104 cm³/mol. The Bertz CT molecular complexity index is 938. The molecular weight excluding hydrogens is 358 g/mol. The molecular formula is C21H23N3O4. The number of carbonyl (C=O) groups is 1. The Balaban J connectivity index is 1.71. The summed E-state index contributed by atoms with van der Waals surface area (Å²) in [5.41, 5.74) is 7.00. The Morgan fingerprint density at radius 1 is 1.04 bits per heavy atom. The first kappa shape index (κ1) is 19.4. The zero-order chi connectivity index (χ0) is 19.9. The second-order valence-corrected chi connectivity index (χ2v) is 6.21. The van der Waals surface area contributed by atoms with Crippen molar-refractivity contribution in [3.63, 3.8) is 0 Å². The molecule has 0 aliphatic rings. The lowest BCUT2D eigenvalue weighted by atomic mass is 10.1. The number of aryl methyl sites for hydroxylation is 1. The van der Waals surface area contributed by atoms with Crippen LogP contribution in [0.4, 0.5) is 4.79 Å². The largest absolute Gasteiger partial charge is 0.473 e. The maximum atomic E-state index is 11.1. The van der Waals surface area contributed by atoms with Gasteiger partial charge in [-0.25, -0.2) is 9.48 Å². The van der Waals surface area contributed by atoms with Gasteiger partial charge < -0.3 is 9.47 Å². The Morgan fingerprint density at radius 2 is 1.68 bits per heavy atom. The number of hydrogen-bond donors (Lipinski definition) is 1. The minimum atomic E-state index is -0.646. The average molecular weight is 381 g/mol. The van der Waals surface area contributed by atoms with Crippen molar-refractivity contribution < 1.29 is 19.1 Å². The molecule has 3 rings (SSSR count). The number of ether oxygens (including phenoxy) is 2. The van der Waals surface area contributed by atoms with E-state index in [-0.39, 0.29) is 6.61 Å². The van der Waals surface area contributed by atoms with Gasteiger partial charge >= 0.3 is 6.09 Å². The van der Waals surface area contributed by atoms with E-state index in [4.69, 9.17) is 9.57 Å². The number of carbonyl (C=O) groups excluding carboxylic acids is 1. The summed E-state index contributed by atoms with van der Waals surface area (Å²) in [6.07, 6.45) is -0.646. The number of methoxy groups -OCH3 is 1. The van der Waals surface area contributed by atoms with Gasteiger partial charge in [-0.1, -0.05) is 54.6 Å². The third kappa shape index (κ3) is 4.50. The SMILES string of the molecule is COC(=O)NOCc1ccccc1COc1c(C)c(-c2ccccc2)nn1C. The van der Waals surface area contributed by atoms with Crippen LogP contribution in [0.2, 0.25) is 0 Å². The fourth-order valence-electron chi connectivity index (χ4n) is 2.89. The number of nitrogens with zero attached hydrogens (tertiary/aromatic N) is 2. The second kappa shape index (κ2) is 9.05. The highest BCUT2D eigenvalue weighted by atomic mass is 16.7. The van der Waals surface area contributed by atoms with Crippen LogP contribution in [-0.2, 0) is 29.8 Å². The molecule has 0 aliphatic heterocycles. The summed E-state index contributed by atoms with van der Waals surface area (Å²) in [6.45, 7) is 2.56. The van der Waals surface area contributed by atoms with Crippen LogP contribution < -0.4 is 10.2 Å². The topological polar surface area (TPSA) is 74.6 Å². The van der Waals surface area contributed by atoms with Crippen molar-refractivity contribution in [1.29, 1.82) is 0 Å². The molecule has 0 fully saturated rings. The van der Waals surface area contributed by atoms with Gasteiger partial charge in [0.1, 0.15) is 13.2 Å². The van der Waals surface area contributed by atoms with Gasteiger partial charge in [0.05, 0.1) is 12.8 Å². The highest BCUT2D eigenvalue weighted by Crippen LogP contribution is 2.29. The molecule has 0 radical (unpaired) electrons. The monoisotopic (exact) mass is 381 g/mol. The minimum absolute atomic E-state index is 0.203. The summed E-state index contributed by atoms with van der Waals surface area (Å²) in [7, 11) is 3.14. The fraction of sp³-hybridized carbons (Fsp3) is 0.238. The van der Waals surface area contributed by atoms with E-state index >= 15 is 0 Å². The molecule has 1 heterocycles. The molecule has 0 saturated carbocycles. The van der Waals surface area contributed by atoms with Crippen LogP contribution >= 0.6 is 0 Å². The quantitative estimate of drug-likeness (QED) is 0.631. The van der Waals surface area contributed by atoms with E-state index in [1.54, 1.807) is 4.68 Å². The number of hydrogen-bond acceptors (Lipinski definition) is 5. The van der Waals surface area contributed by atoms with E-state index in [9.17, 15) is 4.79 Å². The van der Waals surface area contributed by atoms with E-state index in [2.05, 4.69) is 15.3 Å². The molecule has 0 saturated heterocycles. The van der Waals surface area contributed by atoms with E-state index in [0.29, 0.717) is 12.5 Å². The molecule has 146 valence electrons. The van der Waals surface area contributed by atoms with Crippen molar-refractivity contribution in [2.45, 2.75) is 20.1 Å². The van der Waals surface area contributed by atoms with Crippen molar-refractivity contribution in [3.05, 3.63) is 71.3 Å². The van der Waals surface area contributed by atoms with Crippen LogP contribution in [-0.4, -0.2) is 23.0 Å². The van der Waals surface area contributed by atoms with Crippen molar-refractivity contribution in [2.24, 2.45) is 7.05 Å². The van der Waals surface area contributed by atoms with Gasteiger partial charge in [-0.05, 0) is 18.1 Å². The average Bonchev–Trinajstić information content (AvgIpc) is 3.01. The smallest absolute Gasteiger partial charge is 0.431 e. The van der Waals surface area contributed by atoms with Gasteiger partial charge in [0.15, 0.2) is 0 Å². The highest BCUT2D eigenvalue weighted by Gasteiger charge is 2.15. The number of benzene rings is 2. The molecule has 2 aromatic carbocycles. The van der Waals surface area contributed by atoms with E-state index < -0.39 is 6.09 Å². The highest BCUT2D eigenvalue weighted by molar-refractivity contribution is 5.65. The normalized spacial score (nSPS) is 10.5. The number of rotatable bonds is 7. The molecule has 1 aromatic heterocycles. The summed E-state index contributed by atoms with van der Waals surface area (Å²) in [5, 5.41) is 4.60. The lowest BCUT2D eigenvalue weighted by Gasteiger charge is -2.12. The third-order valence-corrected chi connectivity index (χ3v) is 4.32. The van der Waals surface area contributed by atoms with Crippen molar-refractivity contribution in [3.8, 4) is 17.1 Å². The Kier molecular flexibility index (Phi) is 6.29. The zero-order valence-electron chi connectivity index (χ0n) is 16.1. The van der Waals surface area contributed by atoms with E-state index in [0.717, 1.165) is 27.9 Å². The minimum Gasteiger partial charge on any atom is -0.473 e. The summed E-state index contributed by atoms with van der Waals surface area (Å²) in [5.74, 6) is 0.710. The zero-order valence-corrected chi connectivity index (χ0v) is 16.1. The van der Waals surface area contributed by atoms with Gasteiger partial charge in [-0.3, -0.25) is 4.84 Å². The van der Waals surface area contributed by atoms with Crippen LogP contribution in [0.3, 0.4) is 0 Å². The van der Waals surface area contributed by atoms with Crippen LogP contribution in [0.15, 0.2) is 54.6 Å². The van der Waals surface area contributed by atoms with E-state index in [1.165, 1.54) is 7.11 Å². The van der Waals surface area contributed by atoms with Crippen LogP contribution in [0, 0.1) is 6.92 Å². The number of nitrogens with one attached hydrogen (secondary N) is 1. The summed E-state index contributed by atoms with van der Waals surface area (Å²) < 4.78 is 12.3. The standard InChI is InChI=1S/C21H23N3O4/c1-15-19(16-9-5-4-6-10-16)22-24(2)20(15)27-13-17-11-7-8-12-18(17)14-28-23-21(25)26-3/h4-12H,13-14H2,1-3H3,(H,23,25). The van der Waals surface area contributed by atoms with Crippen molar-refractivity contribution >= 4 is 6.09 Å². The van der Waals surface area contributed by atoms with Gasteiger partial charge in [0, 0.05) is 18.2 Å². The van der Waals surface area contributed by atoms with Crippen molar-refractivity contribution in [2.75, 3.05) is 7.11 Å².